The Morgan fingerprint density at radius 2 is 1.80 bits per heavy atom. The summed E-state index contributed by atoms with van der Waals surface area (Å²) in [6.45, 7) is 4.08. The van der Waals surface area contributed by atoms with E-state index in [0.29, 0.717) is 18.1 Å². The summed E-state index contributed by atoms with van der Waals surface area (Å²) in [5.41, 5.74) is 4.12. The number of hydrogen-bond acceptors (Lipinski definition) is 5. The molecule has 1 atom stereocenters. The number of anilines is 1. The number of carbonyl (C=O) groups is 1. The Kier molecular flexibility index (Phi) is 5.85. The molecule has 8 nitrogen and oxygen atoms in total. The fourth-order valence-corrected chi connectivity index (χ4v) is 4.30. The molecule has 5 rings (SSSR count). The van der Waals surface area contributed by atoms with Crippen LogP contribution in [0.4, 0.5) is 11.5 Å². The molecule has 0 spiro atoms. The van der Waals surface area contributed by atoms with Crippen molar-refractivity contribution in [1.29, 1.82) is 0 Å². The molecule has 1 amide bonds. The average Bonchev–Trinajstić information content (AvgIpc) is 3.27. The molecule has 2 heterocycles. The molecule has 4 aromatic rings. The molecule has 0 saturated heterocycles. The Balaban J connectivity index is 1.65. The van der Waals surface area contributed by atoms with Crippen molar-refractivity contribution in [2.24, 2.45) is 0 Å². The first kappa shape index (κ1) is 22.1. The van der Waals surface area contributed by atoms with Gasteiger partial charge in [-0.1, -0.05) is 55.1 Å². The summed E-state index contributed by atoms with van der Waals surface area (Å²) in [6, 6.07) is 23.6. The van der Waals surface area contributed by atoms with Crippen molar-refractivity contribution in [3.63, 3.8) is 0 Å². The number of ether oxygens (including phenoxy) is 1. The molecule has 35 heavy (non-hydrogen) atoms. The molecule has 1 aliphatic heterocycles. The number of amides is 1. The van der Waals surface area contributed by atoms with Crippen LogP contribution in [-0.4, -0.2) is 27.2 Å². The zero-order valence-electron chi connectivity index (χ0n) is 18.8. The van der Waals surface area contributed by atoms with Crippen molar-refractivity contribution in [2.45, 2.75) is 12.3 Å². The van der Waals surface area contributed by atoms with Crippen molar-refractivity contribution >= 4 is 17.4 Å². The van der Waals surface area contributed by atoms with Crippen LogP contribution in [0.1, 0.15) is 23.5 Å². The molecule has 1 aliphatic rings. The van der Waals surface area contributed by atoms with Gasteiger partial charge in [0.05, 0.1) is 16.3 Å². The average molecular weight is 466 g/mol. The molecule has 0 saturated carbocycles. The summed E-state index contributed by atoms with van der Waals surface area (Å²) in [5, 5.41) is 19.0. The zero-order chi connectivity index (χ0) is 24.4. The molecule has 1 unspecified atom stereocenters. The fraction of sp³-hybridized carbons (Fsp3) is 0.111. The number of nitrogens with zero attached hydrogens (tertiary/aromatic N) is 3. The maximum atomic E-state index is 12.8. The predicted molar refractivity (Wildman–Crippen MR) is 133 cm³/mol. The van der Waals surface area contributed by atoms with E-state index < -0.39 is 4.92 Å². The highest BCUT2D eigenvalue weighted by Gasteiger charge is 2.34. The summed E-state index contributed by atoms with van der Waals surface area (Å²) < 4.78 is 7.25. The second kappa shape index (κ2) is 9.26. The second-order valence-electron chi connectivity index (χ2n) is 8.14. The fourth-order valence-electron chi connectivity index (χ4n) is 4.30. The number of benzene rings is 3. The van der Waals surface area contributed by atoms with Gasteiger partial charge in [-0.3, -0.25) is 14.9 Å². The lowest BCUT2D eigenvalue weighted by atomic mass is 9.84. The Hall–Kier alpha value is -4.72. The van der Waals surface area contributed by atoms with Gasteiger partial charge >= 0.3 is 0 Å². The van der Waals surface area contributed by atoms with E-state index in [1.807, 2.05) is 54.6 Å². The minimum Gasteiger partial charge on any atom is -0.490 e. The van der Waals surface area contributed by atoms with Gasteiger partial charge in [0.1, 0.15) is 18.2 Å². The highest BCUT2D eigenvalue weighted by Crippen LogP contribution is 2.44. The number of non-ortho nitro benzene ring substituents is 1. The van der Waals surface area contributed by atoms with Gasteiger partial charge in [-0.25, -0.2) is 4.68 Å². The van der Waals surface area contributed by atoms with E-state index >= 15 is 0 Å². The van der Waals surface area contributed by atoms with E-state index in [9.17, 15) is 14.9 Å². The number of rotatable bonds is 7. The lowest BCUT2D eigenvalue weighted by Crippen LogP contribution is -2.24. The smallest absolute Gasteiger partial charge is 0.269 e. The van der Waals surface area contributed by atoms with Crippen molar-refractivity contribution < 1.29 is 14.5 Å². The lowest BCUT2D eigenvalue weighted by Gasteiger charge is -2.25. The Morgan fingerprint density at radius 1 is 1.09 bits per heavy atom. The normalized spacial score (nSPS) is 14.6. The third-order valence-electron chi connectivity index (χ3n) is 5.92. The molecule has 1 aromatic heterocycles. The SMILES string of the molecule is C=CCOc1ccc(C2CC(=O)Nc3c2c(-c2ccccc2)nn3-c2ccc([N+](=O)[O-])cc2)cc1. The Labute approximate surface area is 201 Å². The summed E-state index contributed by atoms with van der Waals surface area (Å²) in [4.78, 5) is 23.5. The van der Waals surface area contributed by atoms with Gasteiger partial charge in [-0.15, -0.1) is 0 Å². The van der Waals surface area contributed by atoms with Crippen LogP contribution in [0.25, 0.3) is 16.9 Å². The van der Waals surface area contributed by atoms with E-state index in [1.165, 1.54) is 12.1 Å². The van der Waals surface area contributed by atoms with Crippen LogP contribution in [0.15, 0.2) is 91.5 Å². The van der Waals surface area contributed by atoms with Crippen LogP contribution < -0.4 is 10.1 Å². The van der Waals surface area contributed by atoms with Gasteiger partial charge in [0, 0.05) is 35.6 Å². The molecule has 0 radical (unpaired) electrons. The number of carbonyl (C=O) groups excluding carboxylic acids is 1. The van der Waals surface area contributed by atoms with Crippen LogP contribution in [-0.2, 0) is 4.79 Å². The minimum absolute atomic E-state index is 0.0151. The number of fused-ring (bicyclic) bond motifs is 1. The summed E-state index contributed by atoms with van der Waals surface area (Å²) in [6.07, 6.45) is 1.95. The molecule has 1 N–H and O–H groups in total. The van der Waals surface area contributed by atoms with Crippen molar-refractivity contribution in [1.82, 2.24) is 9.78 Å². The molecule has 0 bridgehead atoms. The minimum atomic E-state index is -0.446. The molecule has 8 heteroatoms. The first-order valence-corrected chi connectivity index (χ1v) is 11.1. The van der Waals surface area contributed by atoms with Crippen LogP contribution >= 0.6 is 0 Å². The largest absolute Gasteiger partial charge is 0.490 e. The molecule has 3 aromatic carbocycles. The van der Waals surface area contributed by atoms with Crippen LogP contribution in [0.2, 0.25) is 0 Å². The highest BCUT2D eigenvalue weighted by atomic mass is 16.6. The summed E-state index contributed by atoms with van der Waals surface area (Å²) in [7, 11) is 0. The number of nitro benzene ring substituents is 1. The maximum Gasteiger partial charge on any atom is 0.269 e. The van der Waals surface area contributed by atoms with Crippen LogP contribution in [0.3, 0.4) is 0 Å². The van der Waals surface area contributed by atoms with Gasteiger partial charge in [-0.2, -0.15) is 5.10 Å². The first-order chi connectivity index (χ1) is 17.0. The van der Waals surface area contributed by atoms with E-state index in [1.54, 1.807) is 22.9 Å². The Bertz CT molecular complexity index is 1390. The third-order valence-corrected chi connectivity index (χ3v) is 5.92. The zero-order valence-corrected chi connectivity index (χ0v) is 18.8. The molecular formula is C27H22N4O4. The van der Waals surface area contributed by atoms with Gasteiger partial charge in [-0.05, 0) is 29.8 Å². The monoisotopic (exact) mass is 466 g/mol. The van der Waals surface area contributed by atoms with E-state index in [0.717, 1.165) is 28.1 Å². The van der Waals surface area contributed by atoms with Gasteiger partial charge in [0.2, 0.25) is 5.91 Å². The highest BCUT2D eigenvalue weighted by molar-refractivity contribution is 5.96. The second-order valence-corrected chi connectivity index (χ2v) is 8.14. The van der Waals surface area contributed by atoms with E-state index in [2.05, 4.69) is 11.9 Å². The standard InChI is InChI=1S/C27H22N4O4/c1-2-16-35-22-14-8-18(9-15-22)23-17-24(32)28-27-25(23)26(19-6-4-3-5-7-19)29-30(27)20-10-12-21(13-11-20)31(33)34/h2-15,23H,1,16-17H2,(H,28,32). The number of hydrogen-bond donors (Lipinski definition) is 1. The number of nitro groups is 1. The quantitative estimate of drug-likeness (QED) is 0.221. The third kappa shape index (κ3) is 4.29. The first-order valence-electron chi connectivity index (χ1n) is 11.1. The van der Waals surface area contributed by atoms with Crippen LogP contribution in [0, 0.1) is 10.1 Å². The molecule has 0 fully saturated rings. The topological polar surface area (TPSA) is 99.3 Å². The van der Waals surface area contributed by atoms with Gasteiger partial charge in [0.15, 0.2) is 0 Å². The lowest BCUT2D eigenvalue weighted by molar-refractivity contribution is -0.384. The van der Waals surface area contributed by atoms with Crippen LogP contribution in [0.5, 0.6) is 5.75 Å². The van der Waals surface area contributed by atoms with Gasteiger partial charge < -0.3 is 10.1 Å². The van der Waals surface area contributed by atoms with E-state index in [-0.39, 0.29) is 23.9 Å². The predicted octanol–water partition coefficient (Wildman–Crippen LogP) is 5.49. The molecule has 0 aliphatic carbocycles. The number of aromatic nitrogens is 2. The summed E-state index contributed by atoms with van der Waals surface area (Å²) in [5.74, 6) is 0.927. The van der Waals surface area contributed by atoms with E-state index in [4.69, 9.17) is 9.84 Å². The Morgan fingerprint density at radius 3 is 2.46 bits per heavy atom. The number of nitrogens with one attached hydrogen (secondary N) is 1. The maximum absolute atomic E-state index is 12.8. The molecule has 174 valence electrons. The van der Waals surface area contributed by atoms with Crippen molar-refractivity contribution in [3.05, 3.63) is 113 Å². The van der Waals surface area contributed by atoms with Crippen molar-refractivity contribution in [3.8, 4) is 22.7 Å². The van der Waals surface area contributed by atoms with Crippen molar-refractivity contribution in [2.75, 3.05) is 11.9 Å². The summed E-state index contributed by atoms with van der Waals surface area (Å²) >= 11 is 0. The van der Waals surface area contributed by atoms with Gasteiger partial charge in [0.25, 0.3) is 5.69 Å². The molecular weight excluding hydrogens is 444 g/mol.